The maximum absolute atomic E-state index is 11.9. The summed E-state index contributed by atoms with van der Waals surface area (Å²) in [6.45, 7) is 6.39. The molecule has 1 aromatic rings. The SMILES string of the molecule is Cc1nc(=O)n(CCNCC2CCCC2)c(C)c1Br. The lowest BCUT2D eigenvalue weighted by molar-refractivity contribution is 0.469. The highest BCUT2D eigenvalue weighted by Crippen LogP contribution is 2.23. The van der Waals surface area contributed by atoms with E-state index in [0.29, 0.717) is 6.54 Å². The van der Waals surface area contributed by atoms with Gasteiger partial charge in [0.05, 0.1) is 10.2 Å². The van der Waals surface area contributed by atoms with Gasteiger partial charge in [0.15, 0.2) is 0 Å². The second-order valence-electron chi connectivity index (χ2n) is 5.39. The van der Waals surface area contributed by atoms with Crippen LogP contribution in [0.2, 0.25) is 0 Å². The molecule has 2 rings (SSSR count). The van der Waals surface area contributed by atoms with Crippen LogP contribution in [0.15, 0.2) is 9.27 Å². The summed E-state index contributed by atoms with van der Waals surface area (Å²) in [4.78, 5) is 15.9. The minimum Gasteiger partial charge on any atom is -0.315 e. The van der Waals surface area contributed by atoms with Gasteiger partial charge in [0, 0.05) is 18.8 Å². The molecule has 1 N–H and O–H groups in total. The molecule has 1 aromatic heterocycles. The number of halogens is 1. The molecule has 1 saturated carbocycles. The third kappa shape index (κ3) is 3.66. The number of hydrogen-bond donors (Lipinski definition) is 1. The van der Waals surface area contributed by atoms with Crippen molar-refractivity contribution in [1.82, 2.24) is 14.9 Å². The fourth-order valence-corrected chi connectivity index (χ4v) is 3.05. The zero-order chi connectivity index (χ0) is 13.8. The first-order valence-corrected chi connectivity index (χ1v) is 7.83. The van der Waals surface area contributed by atoms with E-state index in [1.165, 1.54) is 25.7 Å². The third-order valence-electron chi connectivity index (χ3n) is 3.95. The maximum atomic E-state index is 11.9. The fraction of sp³-hybridized carbons (Fsp3) is 0.714. The van der Waals surface area contributed by atoms with Crippen molar-refractivity contribution >= 4 is 15.9 Å². The molecule has 0 aliphatic heterocycles. The Bertz CT molecular complexity index is 492. The average molecular weight is 328 g/mol. The van der Waals surface area contributed by atoms with Gasteiger partial charge in [-0.1, -0.05) is 12.8 Å². The zero-order valence-electron chi connectivity index (χ0n) is 11.7. The van der Waals surface area contributed by atoms with Crippen molar-refractivity contribution in [2.45, 2.75) is 46.1 Å². The molecule has 4 nitrogen and oxygen atoms in total. The molecule has 0 radical (unpaired) electrons. The van der Waals surface area contributed by atoms with E-state index in [-0.39, 0.29) is 5.69 Å². The minimum absolute atomic E-state index is 0.152. The van der Waals surface area contributed by atoms with Gasteiger partial charge in [-0.05, 0) is 55.1 Å². The van der Waals surface area contributed by atoms with Gasteiger partial charge in [0.2, 0.25) is 0 Å². The number of aromatic nitrogens is 2. The largest absolute Gasteiger partial charge is 0.348 e. The summed E-state index contributed by atoms with van der Waals surface area (Å²) in [5.74, 6) is 0.834. The normalized spacial score (nSPS) is 16.2. The van der Waals surface area contributed by atoms with Crippen LogP contribution in [0, 0.1) is 19.8 Å². The maximum Gasteiger partial charge on any atom is 0.348 e. The lowest BCUT2D eigenvalue weighted by Crippen LogP contribution is -2.32. The molecule has 1 heterocycles. The molecule has 0 unspecified atom stereocenters. The van der Waals surface area contributed by atoms with Crippen LogP contribution >= 0.6 is 15.9 Å². The van der Waals surface area contributed by atoms with Gasteiger partial charge in [0.1, 0.15) is 0 Å². The number of nitrogens with one attached hydrogen (secondary N) is 1. The highest BCUT2D eigenvalue weighted by Gasteiger charge is 2.14. The van der Waals surface area contributed by atoms with Crippen molar-refractivity contribution < 1.29 is 0 Å². The van der Waals surface area contributed by atoms with Crippen molar-refractivity contribution in [3.8, 4) is 0 Å². The van der Waals surface area contributed by atoms with Crippen molar-refractivity contribution in [1.29, 1.82) is 0 Å². The van der Waals surface area contributed by atoms with E-state index in [0.717, 1.165) is 34.9 Å². The second kappa shape index (κ2) is 6.66. The average Bonchev–Trinajstić information content (AvgIpc) is 2.88. The van der Waals surface area contributed by atoms with Crippen molar-refractivity contribution in [2.75, 3.05) is 13.1 Å². The molecule has 0 spiro atoms. The Balaban J connectivity index is 1.89. The Morgan fingerprint density at radius 1 is 1.37 bits per heavy atom. The van der Waals surface area contributed by atoms with Crippen LogP contribution in [-0.2, 0) is 6.54 Å². The second-order valence-corrected chi connectivity index (χ2v) is 6.18. The van der Waals surface area contributed by atoms with E-state index < -0.39 is 0 Å². The van der Waals surface area contributed by atoms with Gasteiger partial charge < -0.3 is 5.32 Å². The molecule has 106 valence electrons. The summed E-state index contributed by atoms with van der Waals surface area (Å²) in [6, 6.07) is 0. The molecular formula is C14H22BrN3O. The highest BCUT2D eigenvalue weighted by molar-refractivity contribution is 9.10. The summed E-state index contributed by atoms with van der Waals surface area (Å²) >= 11 is 3.48. The lowest BCUT2D eigenvalue weighted by Gasteiger charge is -2.14. The smallest absolute Gasteiger partial charge is 0.315 e. The number of hydrogen-bond acceptors (Lipinski definition) is 3. The van der Waals surface area contributed by atoms with Crippen LogP contribution in [0.25, 0.3) is 0 Å². The molecule has 0 bridgehead atoms. The van der Waals surface area contributed by atoms with Crippen molar-refractivity contribution in [3.63, 3.8) is 0 Å². The molecule has 5 heteroatoms. The summed E-state index contributed by atoms with van der Waals surface area (Å²) in [5, 5.41) is 3.46. The molecule has 1 aliphatic carbocycles. The van der Waals surface area contributed by atoms with Crippen LogP contribution in [0.4, 0.5) is 0 Å². The standard InChI is InChI=1S/C14H22BrN3O/c1-10-13(15)11(2)18(14(19)17-10)8-7-16-9-12-5-3-4-6-12/h12,16H,3-9H2,1-2H3. The Kier molecular flexibility index (Phi) is 5.16. The van der Waals surface area contributed by atoms with Gasteiger partial charge in [-0.2, -0.15) is 4.98 Å². The first-order chi connectivity index (χ1) is 9.09. The monoisotopic (exact) mass is 327 g/mol. The summed E-state index contributed by atoms with van der Waals surface area (Å²) in [6.07, 6.45) is 5.45. The van der Waals surface area contributed by atoms with E-state index in [2.05, 4.69) is 26.2 Å². The molecule has 0 saturated heterocycles. The van der Waals surface area contributed by atoms with Crippen LogP contribution in [0.3, 0.4) is 0 Å². The lowest BCUT2D eigenvalue weighted by atomic mass is 10.1. The molecule has 0 atom stereocenters. The van der Waals surface area contributed by atoms with Gasteiger partial charge in [-0.25, -0.2) is 4.79 Å². The number of rotatable bonds is 5. The fourth-order valence-electron chi connectivity index (χ4n) is 2.75. The Labute approximate surface area is 122 Å². The van der Waals surface area contributed by atoms with E-state index in [1.807, 2.05) is 13.8 Å². The van der Waals surface area contributed by atoms with E-state index in [1.54, 1.807) is 4.57 Å². The van der Waals surface area contributed by atoms with E-state index >= 15 is 0 Å². The molecular weight excluding hydrogens is 306 g/mol. The number of aryl methyl sites for hydroxylation is 1. The van der Waals surface area contributed by atoms with Crippen LogP contribution < -0.4 is 11.0 Å². The Morgan fingerprint density at radius 2 is 2.05 bits per heavy atom. The minimum atomic E-state index is -0.152. The van der Waals surface area contributed by atoms with Crippen molar-refractivity contribution in [2.24, 2.45) is 5.92 Å². The summed E-state index contributed by atoms with van der Waals surface area (Å²) < 4.78 is 2.67. The first-order valence-electron chi connectivity index (χ1n) is 7.04. The van der Waals surface area contributed by atoms with Crippen molar-refractivity contribution in [3.05, 3.63) is 26.3 Å². The molecule has 1 aliphatic rings. The van der Waals surface area contributed by atoms with Crippen LogP contribution in [0.5, 0.6) is 0 Å². The van der Waals surface area contributed by atoms with Crippen LogP contribution in [-0.4, -0.2) is 22.6 Å². The molecule has 0 amide bonds. The Hall–Kier alpha value is -0.680. The van der Waals surface area contributed by atoms with Gasteiger partial charge in [0.25, 0.3) is 0 Å². The van der Waals surface area contributed by atoms with Crippen LogP contribution in [0.1, 0.15) is 37.1 Å². The summed E-state index contributed by atoms with van der Waals surface area (Å²) in [5.41, 5.74) is 1.57. The zero-order valence-corrected chi connectivity index (χ0v) is 13.3. The molecule has 19 heavy (non-hydrogen) atoms. The third-order valence-corrected chi connectivity index (χ3v) is 5.10. The molecule has 0 aromatic carbocycles. The van der Waals surface area contributed by atoms with Gasteiger partial charge >= 0.3 is 5.69 Å². The van der Waals surface area contributed by atoms with E-state index in [4.69, 9.17) is 0 Å². The topological polar surface area (TPSA) is 46.9 Å². The Morgan fingerprint density at radius 3 is 2.74 bits per heavy atom. The van der Waals surface area contributed by atoms with Gasteiger partial charge in [-0.3, -0.25) is 4.57 Å². The predicted octanol–water partition coefficient (Wildman–Crippen LogP) is 2.40. The number of nitrogens with zero attached hydrogens (tertiary/aromatic N) is 2. The van der Waals surface area contributed by atoms with Gasteiger partial charge in [-0.15, -0.1) is 0 Å². The summed E-state index contributed by atoms with van der Waals surface area (Å²) in [7, 11) is 0. The quantitative estimate of drug-likeness (QED) is 0.845. The first kappa shape index (κ1) is 14.7. The molecule has 1 fully saturated rings. The predicted molar refractivity (Wildman–Crippen MR) is 80.5 cm³/mol. The van der Waals surface area contributed by atoms with E-state index in [9.17, 15) is 4.79 Å². The highest BCUT2D eigenvalue weighted by atomic mass is 79.9.